The van der Waals surface area contributed by atoms with Gasteiger partial charge in [-0.15, -0.1) is 0 Å². The second kappa shape index (κ2) is 9.75. The molecule has 1 aromatic carbocycles. The van der Waals surface area contributed by atoms with E-state index in [1.54, 1.807) is 32.4 Å². The van der Waals surface area contributed by atoms with Crippen LogP contribution in [0.25, 0.3) is 16.7 Å². The van der Waals surface area contributed by atoms with Gasteiger partial charge in [0.2, 0.25) is 5.95 Å². The Balaban J connectivity index is 1.52. The van der Waals surface area contributed by atoms with Crippen molar-refractivity contribution in [2.24, 2.45) is 0 Å². The van der Waals surface area contributed by atoms with Gasteiger partial charge in [0.25, 0.3) is 11.1 Å². The van der Waals surface area contributed by atoms with E-state index in [2.05, 4.69) is 46.2 Å². The summed E-state index contributed by atoms with van der Waals surface area (Å²) in [4.78, 5) is 39.7. The molecule has 4 aromatic rings. The van der Waals surface area contributed by atoms with Crippen LogP contribution in [-0.2, 0) is 12.1 Å². The molecular formula is C28H36N8O2. The molecule has 0 amide bonds. The van der Waals surface area contributed by atoms with E-state index in [1.165, 1.54) is 17.3 Å². The van der Waals surface area contributed by atoms with Gasteiger partial charge in [-0.3, -0.25) is 9.59 Å². The zero-order valence-electron chi connectivity index (χ0n) is 23.0. The van der Waals surface area contributed by atoms with E-state index in [1.807, 2.05) is 33.8 Å². The van der Waals surface area contributed by atoms with Gasteiger partial charge in [0, 0.05) is 68.1 Å². The molecule has 0 bridgehead atoms. The Morgan fingerprint density at radius 1 is 1.03 bits per heavy atom. The average Bonchev–Trinajstić information content (AvgIpc) is 3.15. The van der Waals surface area contributed by atoms with E-state index in [-0.39, 0.29) is 11.1 Å². The van der Waals surface area contributed by atoms with E-state index in [9.17, 15) is 9.59 Å². The Labute approximate surface area is 222 Å². The molecule has 10 nitrogen and oxygen atoms in total. The third kappa shape index (κ3) is 4.71. The number of likely N-dealkylation sites (N-methyl/N-ethyl adjacent to an activating group) is 1. The van der Waals surface area contributed by atoms with Crippen LogP contribution in [0, 0.1) is 6.92 Å². The van der Waals surface area contributed by atoms with Crippen LogP contribution in [0.2, 0.25) is 0 Å². The number of pyridine rings is 1. The SMILES string of the molecule is CCn1c(=O)c2cnc(Nc3ccc(N4CCN(C)CC4)c(C)c3)nc2n1-c1ccc(=O)n(C(C)(C)C)c1. The third-order valence-electron chi connectivity index (χ3n) is 7.13. The standard InChI is InChI=1S/C28H36N8O2/c1-7-35-26(38)22-17-29-27(30-20-8-10-23(19(2)16-20)33-14-12-32(6)13-15-33)31-25(22)36(35)21-9-11-24(37)34(18-21)28(3,4)5/h8-11,16-18H,7,12-15H2,1-6H3,(H,29,30,31). The number of benzene rings is 1. The highest BCUT2D eigenvalue weighted by Crippen LogP contribution is 2.26. The van der Waals surface area contributed by atoms with Gasteiger partial charge >= 0.3 is 0 Å². The maximum atomic E-state index is 13.2. The third-order valence-corrected chi connectivity index (χ3v) is 7.13. The van der Waals surface area contributed by atoms with Crippen molar-refractivity contribution < 1.29 is 0 Å². The Hall–Kier alpha value is -3.92. The van der Waals surface area contributed by atoms with Gasteiger partial charge in [0.15, 0.2) is 5.65 Å². The van der Waals surface area contributed by atoms with Gasteiger partial charge in [-0.2, -0.15) is 4.98 Å². The molecule has 1 N–H and O–H groups in total. The first-order chi connectivity index (χ1) is 18.1. The molecule has 0 saturated carbocycles. The molecule has 200 valence electrons. The monoisotopic (exact) mass is 516 g/mol. The highest BCUT2D eigenvalue weighted by atomic mass is 16.1. The first-order valence-electron chi connectivity index (χ1n) is 13.1. The highest BCUT2D eigenvalue weighted by molar-refractivity contribution is 5.77. The van der Waals surface area contributed by atoms with Crippen molar-refractivity contribution in [3.63, 3.8) is 0 Å². The van der Waals surface area contributed by atoms with Crippen LogP contribution in [0.5, 0.6) is 0 Å². The molecule has 0 unspecified atom stereocenters. The molecule has 1 aliphatic rings. The second-order valence-corrected chi connectivity index (χ2v) is 10.9. The van der Waals surface area contributed by atoms with E-state index < -0.39 is 5.54 Å². The maximum Gasteiger partial charge on any atom is 0.278 e. The van der Waals surface area contributed by atoms with Crippen LogP contribution in [-0.4, -0.2) is 62.0 Å². The summed E-state index contributed by atoms with van der Waals surface area (Å²) in [7, 11) is 2.16. The van der Waals surface area contributed by atoms with Crippen LogP contribution >= 0.6 is 0 Å². The van der Waals surface area contributed by atoms with Crippen LogP contribution in [0.15, 0.2) is 52.3 Å². The fourth-order valence-corrected chi connectivity index (χ4v) is 5.03. The summed E-state index contributed by atoms with van der Waals surface area (Å²) in [6, 6.07) is 9.54. The Bertz CT molecular complexity index is 1600. The molecule has 10 heteroatoms. The summed E-state index contributed by atoms with van der Waals surface area (Å²) in [5.74, 6) is 0.399. The number of anilines is 3. The summed E-state index contributed by atoms with van der Waals surface area (Å²) in [6.45, 7) is 14.5. The van der Waals surface area contributed by atoms with E-state index in [0.29, 0.717) is 29.2 Å². The molecule has 1 saturated heterocycles. The fraction of sp³-hybridized carbons (Fsp3) is 0.429. The lowest BCUT2D eigenvalue weighted by molar-refractivity contribution is 0.312. The molecule has 0 radical (unpaired) electrons. The van der Waals surface area contributed by atoms with Crippen LogP contribution in [0.3, 0.4) is 0 Å². The molecule has 3 aromatic heterocycles. The normalized spacial score (nSPS) is 14.8. The number of hydrogen-bond acceptors (Lipinski definition) is 7. The number of nitrogens with zero attached hydrogens (tertiary/aromatic N) is 7. The van der Waals surface area contributed by atoms with Gasteiger partial charge < -0.3 is 19.7 Å². The summed E-state index contributed by atoms with van der Waals surface area (Å²) < 4.78 is 5.06. The Kier molecular flexibility index (Phi) is 6.60. The maximum absolute atomic E-state index is 13.2. The van der Waals surface area contributed by atoms with E-state index in [4.69, 9.17) is 4.98 Å². The predicted molar refractivity (Wildman–Crippen MR) is 152 cm³/mol. The molecule has 5 rings (SSSR count). The van der Waals surface area contributed by atoms with Gasteiger partial charge in [-0.1, -0.05) is 0 Å². The highest BCUT2D eigenvalue weighted by Gasteiger charge is 2.20. The van der Waals surface area contributed by atoms with E-state index in [0.717, 1.165) is 31.9 Å². The Morgan fingerprint density at radius 3 is 2.42 bits per heavy atom. The van der Waals surface area contributed by atoms with E-state index >= 15 is 0 Å². The largest absolute Gasteiger partial charge is 0.369 e. The van der Waals surface area contributed by atoms with Crippen molar-refractivity contribution in [2.75, 3.05) is 43.4 Å². The van der Waals surface area contributed by atoms with Crippen molar-refractivity contribution in [3.8, 4) is 5.69 Å². The number of piperazine rings is 1. The summed E-state index contributed by atoms with van der Waals surface area (Å²) in [5.41, 5.74) is 3.78. The molecule has 1 fully saturated rings. The fourth-order valence-electron chi connectivity index (χ4n) is 5.03. The number of nitrogens with one attached hydrogen (secondary N) is 1. The number of fused-ring (bicyclic) bond motifs is 1. The minimum absolute atomic E-state index is 0.101. The molecule has 38 heavy (non-hydrogen) atoms. The first kappa shape index (κ1) is 25.7. The summed E-state index contributed by atoms with van der Waals surface area (Å²) in [5, 5.41) is 3.74. The number of aryl methyl sites for hydroxylation is 1. The van der Waals surface area contributed by atoms with Crippen molar-refractivity contribution in [2.45, 2.75) is 46.7 Å². The van der Waals surface area contributed by atoms with Crippen LogP contribution < -0.4 is 21.3 Å². The molecule has 4 heterocycles. The number of rotatable bonds is 5. The number of hydrogen-bond donors (Lipinski definition) is 1. The minimum Gasteiger partial charge on any atom is -0.369 e. The zero-order chi connectivity index (χ0) is 27.2. The smallest absolute Gasteiger partial charge is 0.278 e. The second-order valence-electron chi connectivity index (χ2n) is 10.9. The molecule has 1 aliphatic heterocycles. The predicted octanol–water partition coefficient (Wildman–Crippen LogP) is 3.32. The van der Waals surface area contributed by atoms with Crippen LogP contribution in [0.4, 0.5) is 17.3 Å². The van der Waals surface area contributed by atoms with Gasteiger partial charge in [0.1, 0.15) is 5.39 Å². The van der Waals surface area contributed by atoms with Gasteiger partial charge in [-0.25, -0.2) is 14.3 Å². The summed E-state index contributed by atoms with van der Waals surface area (Å²) >= 11 is 0. The molecule has 0 spiro atoms. The van der Waals surface area contributed by atoms with Crippen molar-refractivity contribution in [1.82, 2.24) is 28.8 Å². The van der Waals surface area contributed by atoms with Crippen molar-refractivity contribution >= 4 is 28.4 Å². The van der Waals surface area contributed by atoms with Crippen LogP contribution in [0.1, 0.15) is 33.3 Å². The topological polar surface area (TPSA) is 93.2 Å². The lowest BCUT2D eigenvalue weighted by Gasteiger charge is -2.35. The Morgan fingerprint density at radius 2 is 1.76 bits per heavy atom. The van der Waals surface area contributed by atoms with Crippen molar-refractivity contribution in [3.05, 3.63) is 69.0 Å². The quantitative estimate of drug-likeness (QED) is 0.435. The number of aromatic nitrogens is 5. The van der Waals surface area contributed by atoms with Crippen molar-refractivity contribution in [1.29, 1.82) is 0 Å². The lowest BCUT2D eigenvalue weighted by Crippen LogP contribution is -2.44. The molecular weight excluding hydrogens is 480 g/mol. The molecule has 0 aliphatic carbocycles. The zero-order valence-corrected chi connectivity index (χ0v) is 23.0. The minimum atomic E-state index is -0.413. The first-order valence-corrected chi connectivity index (χ1v) is 13.1. The van der Waals surface area contributed by atoms with Gasteiger partial charge in [0.05, 0.1) is 5.69 Å². The lowest BCUT2D eigenvalue weighted by atomic mass is 10.1. The average molecular weight is 517 g/mol. The van der Waals surface area contributed by atoms with Gasteiger partial charge in [-0.05, 0) is 71.5 Å². The summed E-state index contributed by atoms with van der Waals surface area (Å²) in [6.07, 6.45) is 3.35. The molecule has 0 atom stereocenters.